The number of benzene rings is 2. The summed E-state index contributed by atoms with van der Waals surface area (Å²) in [5.41, 5.74) is 7.87. The summed E-state index contributed by atoms with van der Waals surface area (Å²) < 4.78 is 7.34. The first-order valence-corrected chi connectivity index (χ1v) is 9.06. The number of nitrogens with zero attached hydrogens (tertiary/aromatic N) is 2. The maximum atomic E-state index is 12.8. The van der Waals surface area contributed by atoms with E-state index in [0.717, 1.165) is 35.1 Å². The predicted molar refractivity (Wildman–Crippen MR) is 109 cm³/mol. The van der Waals surface area contributed by atoms with Gasteiger partial charge in [-0.3, -0.25) is 9.47 Å². The summed E-state index contributed by atoms with van der Waals surface area (Å²) in [6.07, 6.45) is 1.01. The van der Waals surface area contributed by atoms with Crippen LogP contribution in [0.3, 0.4) is 0 Å². The van der Waals surface area contributed by atoms with Crippen LogP contribution in [0.5, 0.6) is 5.75 Å². The van der Waals surface area contributed by atoms with Crippen molar-refractivity contribution in [1.82, 2.24) is 14.6 Å². The van der Waals surface area contributed by atoms with Gasteiger partial charge in [0.05, 0.1) is 23.7 Å². The topological polar surface area (TPSA) is 71.9 Å². The van der Waals surface area contributed by atoms with Gasteiger partial charge in [0.2, 0.25) is 0 Å². The second-order valence-electron chi connectivity index (χ2n) is 6.52. The van der Waals surface area contributed by atoms with Gasteiger partial charge in [-0.15, -0.1) is 0 Å². The van der Waals surface area contributed by atoms with Crippen LogP contribution in [0.25, 0.3) is 33.2 Å². The van der Waals surface area contributed by atoms with Gasteiger partial charge >= 0.3 is 0 Å². The molecule has 2 N–H and O–H groups in total. The van der Waals surface area contributed by atoms with Crippen LogP contribution in [0.2, 0.25) is 0 Å². The lowest BCUT2D eigenvalue weighted by atomic mass is 10.1. The number of hydrogen-bond acceptors (Lipinski definition) is 4. The fourth-order valence-electron chi connectivity index (χ4n) is 3.45. The van der Waals surface area contributed by atoms with Crippen molar-refractivity contribution in [2.45, 2.75) is 20.3 Å². The Labute approximate surface area is 156 Å². The third-order valence-corrected chi connectivity index (χ3v) is 4.77. The summed E-state index contributed by atoms with van der Waals surface area (Å²) in [6.45, 7) is 4.98. The highest BCUT2D eigenvalue weighted by atomic mass is 16.5. The smallest absolute Gasteiger partial charge is 0.275 e. The van der Waals surface area contributed by atoms with E-state index < -0.39 is 0 Å². The standard InChI is InChI=1S/C21H22N4O2/c1-4-11-22-25-13(2)19(15-7-5-6-8-18(15)25)20-21(26)24-16-10-9-14(27-3)12-17(16)23-20/h5-10,12,22H,4,11H2,1-3H3,(H,24,26). The van der Waals surface area contributed by atoms with Crippen LogP contribution in [-0.4, -0.2) is 28.3 Å². The van der Waals surface area contributed by atoms with Crippen LogP contribution < -0.4 is 15.7 Å². The third-order valence-electron chi connectivity index (χ3n) is 4.77. The Morgan fingerprint density at radius 2 is 2.04 bits per heavy atom. The van der Waals surface area contributed by atoms with Crippen molar-refractivity contribution in [3.8, 4) is 17.0 Å². The summed E-state index contributed by atoms with van der Waals surface area (Å²) in [5, 5.41) is 0.999. The molecule has 6 heteroatoms. The molecule has 0 radical (unpaired) electrons. The molecule has 0 saturated heterocycles. The van der Waals surface area contributed by atoms with Crippen LogP contribution in [-0.2, 0) is 0 Å². The molecule has 0 fully saturated rings. The number of ether oxygens (including phenoxy) is 1. The Morgan fingerprint density at radius 1 is 1.22 bits per heavy atom. The van der Waals surface area contributed by atoms with Crippen molar-refractivity contribution in [1.29, 1.82) is 0 Å². The Kier molecular flexibility index (Phi) is 4.32. The Bertz CT molecular complexity index is 1190. The number of fused-ring (bicyclic) bond motifs is 2. The van der Waals surface area contributed by atoms with E-state index >= 15 is 0 Å². The molecule has 2 aromatic carbocycles. The summed E-state index contributed by atoms with van der Waals surface area (Å²) in [7, 11) is 1.62. The van der Waals surface area contributed by atoms with Crippen LogP contribution in [0, 0.1) is 6.92 Å². The average Bonchev–Trinajstić information content (AvgIpc) is 2.96. The number of nitrogens with one attached hydrogen (secondary N) is 2. The van der Waals surface area contributed by atoms with Crippen molar-refractivity contribution in [3.05, 3.63) is 58.5 Å². The van der Waals surface area contributed by atoms with E-state index in [-0.39, 0.29) is 5.56 Å². The minimum absolute atomic E-state index is 0.200. The second kappa shape index (κ2) is 6.79. The third kappa shape index (κ3) is 2.83. The highest BCUT2D eigenvalue weighted by molar-refractivity contribution is 5.98. The zero-order chi connectivity index (χ0) is 19.0. The zero-order valence-corrected chi connectivity index (χ0v) is 15.7. The molecule has 4 rings (SSSR count). The largest absolute Gasteiger partial charge is 0.497 e. The zero-order valence-electron chi connectivity index (χ0n) is 15.7. The minimum atomic E-state index is -0.200. The van der Waals surface area contributed by atoms with E-state index in [1.54, 1.807) is 7.11 Å². The molecule has 138 valence electrons. The van der Waals surface area contributed by atoms with Gasteiger partial charge in [-0.25, -0.2) is 4.98 Å². The van der Waals surface area contributed by atoms with Crippen molar-refractivity contribution >= 4 is 21.9 Å². The summed E-state index contributed by atoms with van der Waals surface area (Å²) in [6, 6.07) is 13.5. The van der Waals surface area contributed by atoms with E-state index in [9.17, 15) is 4.79 Å². The molecule has 0 amide bonds. The number of hydrogen-bond donors (Lipinski definition) is 2. The van der Waals surface area contributed by atoms with Gasteiger partial charge in [-0.2, -0.15) is 0 Å². The first-order valence-electron chi connectivity index (χ1n) is 9.06. The quantitative estimate of drug-likeness (QED) is 0.566. The minimum Gasteiger partial charge on any atom is -0.497 e. The van der Waals surface area contributed by atoms with E-state index in [1.165, 1.54) is 0 Å². The lowest BCUT2D eigenvalue weighted by Gasteiger charge is -2.11. The first-order chi connectivity index (χ1) is 13.1. The molecule has 0 unspecified atom stereocenters. The number of aromatic amines is 1. The highest BCUT2D eigenvalue weighted by Crippen LogP contribution is 2.32. The van der Waals surface area contributed by atoms with E-state index in [2.05, 4.69) is 17.3 Å². The molecule has 0 atom stereocenters. The number of aromatic nitrogens is 3. The predicted octanol–water partition coefficient (Wildman–Crippen LogP) is 3.82. The number of methoxy groups -OCH3 is 1. The average molecular weight is 362 g/mol. The molecular formula is C21H22N4O2. The number of para-hydroxylation sites is 1. The van der Waals surface area contributed by atoms with Crippen molar-refractivity contribution in [3.63, 3.8) is 0 Å². The van der Waals surface area contributed by atoms with Crippen LogP contribution in [0.1, 0.15) is 19.0 Å². The Morgan fingerprint density at radius 3 is 2.81 bits per heavy atom. The van der Waals surface area contributed by atoms with Crippen molar-refractivity contribution in [2.24, 2.45) is 0 Å². The summed E-state index contributed by atoms with van der Waals surface area (Å²) in [4.78, 5) is 20.5. The Balaban J connectivity index is 2.00. The molecule has 6 nitrogen and oxygen atoms in total. The van der Waals surface area contributed by atoms with Crippen LogP contribution in [0.15, 0.2) is 47.3 Å². The summed E-state index contributed by atoms with van der Waals surface area (Å²) >= 11 is 0. The molecule has 0 saturated carbocycles. The maximum Gasteiger partial charge on any atom is 0.275 e. The van der Waals surface area contributed by atoms with Crippen LogP contribution >= 0.6 is 0 Å². The van der Waals surface area contributed by atoms with Gasteiger partial charge in [0.25, 0.3) is 5.56 Å². The normalized spacial score (nSPS) is 11.2. The lowest BCUT2D eigenvalue weighted by Crippen LogP contribution is -2.17. The lowest BCUT2D eigenvalue weighted by molar-refractivity contribution is 0.415. The van der Waals surface area contributed by atoms with E-state index in [0.29, 0.717) is 22.5 Å². The fraction of sp³-hybridized carbons (Fsp3) is 0.238. The number of rotatable bonds is 5. The molecule has 0 aliphatic carbocycles. The van der Waals surface area contributed by atoms with Gasteiger partial charge in [0.1, 0.15) is 11.4 Å². The monoisotopic (exact) mass is 362 g/mol. The molecule has 0 aliphatic rings. The first kappa shape index (κ1) is 17.1. The van der Waals surface area contributed by atoms with Gasteiger partial charge in [0.15, 0.2) is 0 Å². The van der Waals surface area contributed by atoms with E-state index in [1.807, 2.05) is 54.1 Å². The van der Waals surface area contributed by atoms with Crippen molar-refractivity contribution in [2.75, 3.05) is 19.1 Å². The summed E-state index contributed by atoms with van der Waals surface area (Å²) in [5.74, 6) is 0.705. The second-order valence-corrected chi connectivity index (χ2v) is 6.52. The van der Waals surface area contributed by atoms with Crippen LogP contribution in [0.4, 0.5) is 0 Å². The highest BCUT2D eigenvalue weighted by Gasteiger charge is 2.19. The molecular weight excluding hydrogens is 340 g/mol. The van der Waals surface area contributed by atoms with Gasteiger partial charge in [-0.05, 0) is 31.5 Å². The molecule has 4 aromatic rings. The van der Waals surface area contributed by atoms with Gasteiger partial charge < -0.3 is 15.1 Å². The maximum absolute atomic E-state index is 12.8. The molecule has 2 heterocycles. The molecule has 2 aromatic heterocycles. The molecule has 0 aliphatic heterocycles. The van der Waals surface area contributed by atoms with Crippen molar-refractivity contribution < 1.29 is 4.74 Å². The molecule has 0 spiro atoms. The molecule has 0 bridgehead atoms. The van der Waals surface area contributed by atoms with Gasteiger partial charge in [0, 0.05) is 29.3 Å². The van der Waals surface area contributed by atoms with E-state index in [4.69, 9.17) is 9.72 Å². The SMILES string of the molecule is CCCNn1c(C)c(-c2nc3cc(OC)ccc3[nH]c2=O)c2ccccc21. The number of H-pyrrole nitrogens is 1. The Hall–Kier alpha value is -3.28. The fourth-order valence-corrected chi connectivity index (χ4v) is 3.45. The van der Waals surface area contributed by atoms with Gasteiger partial charge in [-0.1, -0.05) is 25.1 Å². The molecule has 27 heavy (non-hydrogen) atoms.